The summed E-state index contributed by atoms with van der Waals surface area (Å²) in [5.74, 6) is -0.536. The van der Waals surface area contributed by atoms with Gasteiger partial charge in [0.1, 0.15) is 17.1 Å². The van der Waals surface area contributed by atoms with Crippen molar-refractivity contribution in [1.29, 1.82) is 0 Å². The highest BCUT2D eigenvalue weighted by molar-refractivity contribution is 6.30. The van der Waals surface area contributed by atoms with E-state index >= 15 is 0 Å². The lowest BCUT2D eigenvalue weighted by atomic mass is 10.1. The summed E-state index contributed by atoms with van der Waals surface area (Å²) in [6.07, 6.45) is 1.37. The summed E-state index contributed by atoms with van der Waals surface area (Å²) in [5.41, 5.74) is 1.13. The first-order valence-electron chi connectivity index (χ1n) is 7.97. The van der Waals surface area contributed by atoms with Crippen LogP contribution in [0.15, 0.2) is 66.9 Å². The van der Waals surface area contributed by atoms with Crippen molar-refractivity contribution >= 4 is 17.5 Å². The predicted octanol–water partition coefficient (Wildman–Crippen LogP) is 5.16. The SMILES string of the molecule is C[C@H](NC(=O)c1cc(Cl)cnc1Oc1cccc(F)c1)c1ccccc1. The van der Waals surface area contributed by atoms with Gasteiger partial charge in [-0.15, -0.1) is 0 Å². The molecule has 0 unspecified atom stereocenters. The Morgan fingerprint density at radius 3 is 2.65 bits per heavy atom. The van der Waals surface area contributed by atoms with Crippen LogP contribution in [0.5, 0.6) is 11.6 Å². The lowest BCUT2D eigenvalue weighted by Gasteiger charge is -2.16. The van der Waals surface area contributed by atoms with Crippen LogP contribution in [-0.4, -0.2) is 10.9 Å². The highest BCUT2D eigenvalue weighted by Crippen LogP contribution is 2.26. The van der Waals surface area contributed by atoms with Crippen LogP contribution in [0, 0.1) is 5.82 Å². The molecular formula is C20H16ClFN2O2. The molecule has 0 bridgehead atoms. The number of nitrogens with zero attached hydrogens (tertiary/aromatic N) is 1. The Kier molecular flexibility index (Phi) is 5.49. The van der Waals surface area contributed by atoms with Gasteiger partial charge in [0.15, 0.2) is 0 Å². The summed E-state index contributed by atoms with van der Waals surface area (Å²) in [7, 11) is 0. The minimum Gasteiger partial charge on any atom is -0.438 e. The topological polar surface area (TPSA) is 51.2 Å². The fraction of sp³-hybridized carbons (Fsp3) is 0.100. The number of ether oxygens (including phenoxy) is 1. The van der Waals surface area contributed by atoms with Crippen molar-refractivity contribution in [3.63, 3.8) is 0 Å². The van der Waals surface area contributed by atoms with Crippen LogP contribution >= 0.6 is 11.6 Å². The first kappa shape index (κ1) is 17.9. The molecule has 6 heteroatoms. The van der Waals surface area contributed by atoms with E-state index in [1.54, 1.807) is 6.07 Å². The molecule has 1 N–H and O–H groups in total. The second kappa shape index (κ2) is 7.97. The third kappa shape index (κ3) is 4.37. The van der Waals surface area contributed by atoms with Gasteiger partial charge in [-0.3, -0.25) is 4.79 Å². The first-order valence-corrected chi connectivity index (χ1v) is 8.35. The zero-order chi connectivity index (χ0) is 18.5. The highest BCUT2D eigenvalue weighted by atomic mass is 35.5. The number of amides is 1. The molecule has 0 saturated heterocycles. The summed E-state index contributed by atoms with van der Waals surface area (Å²) in [6, 6.07) is 16.4. The third-order valence-corrected chi connectivity index (χ3v) is 3.93. The number of hydrogen-bond donors (Lipinski definition) is 1. The average molecular weight is 371 g/mol. The Hall–Kier alpha value is -2.92. The van der Waals surface area contributed by atoms with E-state index in [1.165, 1.54) is 30.5 Å². The van der Waals surface area contributed by atoms with Gasteiger partial charge in [-0.25, -0.2) is 9.37 Å². The number of halogens is 2. The van der Waals surface area contributed by atoms with E-state index < -0.39 is 5.82 Å². The van der Waals surface area contributed by atoms with Gasteiger partial charge >= 0.3 is 0 Å². The van der Waals surface area contributed by atoms with Gasteiger partial charge in [0.05, 0.1) is 11.1 Å². The van der Waals surface area contributed by atoms with E-state index in [0.717, 1.165) is 5.56 Å². The van der Waals surface area contributed by atoms with Crippen LogP contribution < -0.4 is 10.1 Å². The van der Waals surface area contributed by atoms with Crippen LogP contribution in [0.25, 0.3) is 0 Å². The van der Waals surface area contributed by atoms with E-state index in [2.05, 4.69) is 10.3 Å². The Morgan fingerprint density at radius 2 is 1.92 bits per heavy atom. The number of benzene rings is 2. The van der Waals surface area contributed by atoms with Crippen molar-refractivity contribution < 1.29 is 13.9 Å². The minimum atomic E-state index is -0.444. The summed E-state index contributed by atoms with van der Waals surface area (Å²) in [5, 5.41) is 3.19. The maximum Gasteiger partial charge on any atom is 0.257 e. The molecule has 2 aromatic carbocycles. The molecule has 0 aliphatic rings. The Bertz CT molecular complexity index is 919. The average Bonchev–Trinajstić information content (AvgIpc) is 2.64. The van der Waals surface area contributed by atoms with Gasteiger partial charge in [-0.1, -0.05) is 48.0 Å². The number of pyridine rings is 1. The van der Waals surface area contributed by atoms with Crippen molar-refractivity contribution in [3.05, 3.63) is 88.8 Å². The second-order valence-electron chi connectivity index (χ2n) is 5.67. The maximum absolute atomic E-state index is 13.4. The summed E-state index contributed by atoms with van der Waals surface area (Å²) < 4.78 is 18.9. The first-order chi connectivity index (χ1) is 12.5. The fourth-order valence-corrected chi connectivity index (χ4v) is 2.57. The van der Waals surface area contributed by atoms with Gasteiger partial charge in [-0.2, -0.15) is 0 Å². The third-order valence-electron chi connectivity index (χ3n) is 3.72. The van der Waals surface area contributed by atoms with Crippen molar-refractivity contribution in [2.45, 2.75) is 13.0 Å². The summed E-state index contributed by atoms with van der Waals surface area (Å²) >= 11 is 5.98. The minimum absolute atomic E-state index is 0.0535. The van der Waals surface area contributed by atoms with Crippen molar-refractivity contribution in [1.82, 2.24) is 10.3 Å². The van der Waals surface area contributed by atoms with E-state index in [4.69, 9.17) is 16.3 Å². The molecule has 1 heterocycles. The van der Waals surface area contributed by atoms with E-state index in [9.17, 15) is 9.18 Å². The molecule has 26 heavy (non-hydrogen) atoms. The zero-order valence-corrected chi connectivity index (χ0v) is 14.7. The van der Waals surface area contributed by atoms with E-state index in [-0.39, 0.29) is 29.1 Å². The molecule has 0 aliphatic heterocycles. The standard InChI is InChI=1S/C20H16ClFN2O2/c1-13(14-6-3-2-4-7-14)24-19(25)18-10-15(21)12-23-20(18)26-17-9-5-8-16(22)11-17/h2-13H,1H3,(H,24,25)/t13-/m0/s1. The monoisotopic (exact) mass is 370 g/mol. The van der Waals surface area contributed by atoms with E-state index in [0.29, 0.717) is 5.02 Å². The normalized spacial score (nSPS) is 11.7. The Labute approximate surface area is 155 Å². The number of rotatable bonds is 5. The number of aromatic nitrogens is 1. The molecule has 0 fully saturated rings. The second-order valence-corrected chi connectivity index (χ2v) is 6.11. The van der Waals surface area contributed by atoms with E-state index in [1.807, 2.05) is 37.3 Å². The fourth-order valence-electron chi connectivity index (χ4n) is 2.41. The molecule has 1 atom stereocenters. The molecule has 3 aromatic rings. The van der Waals surface area contributed by atoms with Crippen LogP contribution in [0.3, 0.4) is 0 Å². The molecule has 4 nitrogen and oxygen atoms in total. The number of carbonyl (C=O) groups excluding carboxylic acids is 1. The zero-order valence-electron chi connectivity index (χ0n) is 13.9. The molecule has 0 spiro atoms. The number of carbonyl (C=O) groups is 1. The highest BCUT2D eigenvalue weighted by Gasteiger charge is 2.18. The lowest BCUT2D eigenvalue weighted by molar-refractivity contribution is 0.0937. The van der Waals surface area contributed by atoms with Gasteiger partial charge in [0, 0.05) is 12.3 Å². The predicted molar refractivity (Wildman–Crippen MR) is 98.0 cm³/mol. The molecular weight excluding hydrogens is 355 g/mol. The maximum atomic E-state index is 13.4. The van der Waals surface area contributed by atoms with Crippen molar-refractivity contribution in [3.8, 4) is 11.6 Å². The molecule has 1 amide bonds. The molecule has 3 rings (SSSR count). The Morgan fingerprint density at radius 1 is 1.15 bits per heavy atom. The van der Waals surface area contributed by atoms with Crippen molar-refractivity contribution in [2.24, 2.45) is 0 Å². The molecule has 0 aliphatic carbocycles. The van der Waals surface area contributed by atoms with Crippen LogP contribution in [0.1, 0.15) is 28.9 Å². The summed E-state index contributed by atoms with van der Waals surface area (Å²) in [4.78, 5) is 16.8. The number of hydrogen-bond acceptors (Lipinski definition) is 3. The Balaban J connectivity index is 1.84. The smallest absolute Gasteiger partial charge is 0.257 e. The van der Waals surface area contributed by atoms with Gasteiger partial charge < -0.3 is 10.1 Å². The van der Waals surface area contributed by atoms with Crippen molar-refractivity contribution in [2.75, 3.05) is 0 Å². The molecule has 1 aromatic heterocycles. The van der Waals surface area contributed by atoms with Crippen LogP contribution in [-0.2, 0) is 0 Å². The summed E-state index contributed by atoms with van der Waals surface area (Å²) in [6.45, 7) is 1.87. The number of nitrogens with one attached hydrogen (secondary N) is 1. The molecule has 0 saturated carbocycles. The van der Waals surface area contributed by atoms with Crippen LogP contribution in [0.4, 0.5) is 4.39 Å². The van der Waals surface area contributed by atoms with Crippen LogP contribution in [0.2, 0.25) is 5.02 Å². The largest absolute Gasteiger partial charge is 0.438 e. The molecule has 132 valence electrons. The quantitative estimate of drug-likeness (QED) is 0.675. The van der Waals surface area contributed by atoms with Gasteiger partial charge in [-0.05, 0) is 30.7 Å². The lowest BCUT2D eigenvalue weighted by Crippen LogP contribution is -2.27. The van der Waals surface area contributed by atoms with Gasteiger partial charge in [0.2, 0.25) is 5.88 Å². The molecule has 0 radical (unpaired) electrons. The van der Waals surface area contributed by atoms with Gasteiger partial charge in [0.25, 0.3) is 5.91 Å².